The number of hydrogen-bond acceptors (Lipinski definition) is 5. The average Bonchev–Trinajstić information content (AvgIpc) is 2.24. The Morgan fingerprint density at radius 2 is 2.12 bits per heavy atom. The van der Waals surface area contributed by atoms with Gasteiger partial charge in [-0.3, -0.25) is 4.79 Å². The van der Waals surface area contributed by atoms with Crippen molar-refractivity contribution in [3.63, 3.8) is 0 Å². The largest absolute Gasteiger partial charge is 0.361 e. The Balaban J connectivity index is 2.57. The van der Waals surface area contributed by atoms with E-state index in [1.54, 1.807) is 13.1 Å². The van der Waals surface area contributed by atoms with Crippen LogP contribution in [-0.2, 0) is 4.79 Å². The molecule has 0 aliphatic heterocycles. The summed E-state index contributed by atoms with van der Waals surface area (Å²) in [4.78, 5) is 19.8. The normalized spacial score (nSPS) is 10.2. The summed E-state index contributed by atoms with van der Waals surface area (Å²) in [6.07, 6.45) is 0. The van der Waals surface area contributed by atoms with Crippen LogP contribution in [-0.4, -0.2) is 35.5 Å². The molecule has 0 unspecified atom stereocenters. The molecule has 6 nitrogen and oxygen atoms in total. The highest BCUT2D eigenvalue weighted by atomic mass is 16.1. The van der Waals surface area contributed by atoms with Gasteiger partial charge >= 0.3 is 0 Å². The molecule has 1 aromatic rings. The number of nitrogens with one attached hydrogen (secondary N) is 3. The number of rotatable bonds is 5. The van der Waals surface area contributed by atoms with Crippen molar-refractivity contribution < 1.29 is 4.79 Å². The summed E-state index contributed by atoms with van der Waals surface area (Å²) in [6, 6.07) is 1.94. The molecule has 6 heteroatoms. The number of aromatic nitrogens is 2. The van der Waals surface area contributed by atoms with Gasteiger partial charge in [-0.2, -0.15) is 4.98 Å². The van der Waals surface area contributed by atoms with Gasteiger partial charge in [-0.05, 0) is 20.8 Å². The first-order valence-corrected chi connectivity index (χ1v) is 5.58. The van der Waals surface area contributed by atoms with Crippen LogP contribution in [0.15, 0.2) is 6.07 Å². The summed E-state index contributed by atoms with van der Waals surface area (Å²) in [7, 11) is 1.75. The minimum atomic E-state index is -0.0535. The molecule has 0 radical (unpaired) electrons. The van der Waals surface area contributed by atoms with E-state index in [1.807, 2.05) is 20.8 Å². The number of aryl methyl sites for hydroxylation is 1. The molecule has 0 saturated carbocycles. The molecule has 0 atom stereocenters. The second-order valence-electron chi connectivity index (χ2n) is 4.04. The molecule has 94 valence electrons. The summed E-state index contributed by atoms with van der Waals surface area (Å²) in [5, 5.41) is 8.62. The minimum absolute atomic E-state index is 0.0535. The third-order valence-corrected chi connectivity index (χ3v) is 1.96. The second kappa shape index (κ2) is 6.03. The Morgan fingerprint density at radius 1 is 1.41 bits per heavy atom. The fourth-order valence-corrected chi connectivity index (χ4v) is 1.31. The lowest BCUT2D eigenvalue weighted by molar-refractivity contribution is -0.119. The minimum Gasteiger partial charge on any atom is -0.361 e. The topological polar surface area (TPSA) is 78.9 Å². The lowest BCUT2D eigenvalue weighted by Crippen LogP contribution is -2.35. The van der Waals surface area contributed by atoms with Crippen LogP contribution >= 0.6 is 0 Å². The molecule has 1 rings (SSSR count). The smallest absolute Gasteiger partial charge is 0.239 e. The highest BCUT2D eigenvalue weighted by Gasteiger charge is 2.05. The fraction of sp³-hybridized carbons (Fsp3) is 0.545. The van der Waals surface area contributed by atoms with Crippen LogP contribution in [0.25, 0.3) is 0 Å². The van der Waals surface area contributed by atoms with E-state index in [-0.39, 0.29) is 18.5 Å². The summed E-state index contributed by atoms with van der Waals surface area (Å²) < 4.78 is 0. The van der Waals surface area contributed by atoms with E-state index in [0.29, 0.717) is 11.8 Å². The maximum absolute atomic E-state index is 11.4. The van der Waals surface area contributed by atoms with Crippen LogP contribution < -0.4 is 16.0 Å². The van der Waals surface area contributed by atoms with Gasteiger partial charge in [0.15, 0.2) is 0 Å². The Morgan fingerprint density at radius 3 is 2.71 bits per heavy atom. The lowest BCUT2D eigenvalue weighted by Gasteiger charge is -2.10. The van der Waals surface area contributed by atoms with E-state index in [2.05, 4.69) is 25.9 Å². The summed E-state index contributed by atoms with van der Waals surface area (Å²) in [5.41, 5.74) is 0.844. The highest BCUT2D eigenvalue weighted by molar-refractivity contribution is 5.80. The van der Waals surface area contributed by atoms with Crippen LogP contribution in [0.1, 0.15) is 19.5 Å². The van der Waals surface area contributed by atoms with Crippen LogP contribution in [0.2, 0.25) is 0 Å². The maximum atomic E-state index is 11.4. The van der Waals surface area contributed by atoms with Crippen LogP contribution in [0, 0.1) is 6.92 Å². The van der Waals surface area contributed by atoms with Gasteiger partial charge in [-0.15, -0.1) is 0 Å². The van der Waals surface area contributed by atoms with Gasteiger partial charge in [0.2, 0.25) is 11.9 Å². The summed E-state index contributed by atoms with van der Waals surface area (Å²) >= 11 is 0. The lowest BCUT2D eigenvalue weighted by atomic mass is 10.4. The highest BCUT2D eigenvalue weighted by Crippen LogP contribution is 2.08. The molecule has 1 amide bonds. The zero-order chi connectivity index (χ0) is 12.8. The molecule has 0 saturated heterocycles. The molecular formula is C11H19N5O. The molecule has 0 spiro atoms. The summed E-state index contributed by atoms with van der Waals surface area (Å²) in [5.74, 6) is 1.12. The average molecular weight is 237 g/mol. The number of anilines is 2. The van der Waals surface area contributed by atoms with E-state index in [0.717, 1.165) is 5.69 Å². The van der Waals surface area contributed by atoms with E-state index < -0.39 is 0 Å². The van der Waals surface area contributed by atoms with Crippen LogP contribution in [0.3, 0.4) is 0 Å². The van der Waals surface area contributed by atoms with E-state index in [9.17, 15) is 4.79 Å². The number of nitrogens with zero attached hydrogens (tertiary/aromatic N) is 2. The van der Waals surface area contributed by atoms with Gasteiger partial charge in [-0.1, -0.05) is 0 Å². The van der Waals surface area contributed by atoms with E-state index in [4.69, 9.17) is 0 Å². The van der Waals surface area contributed by atoms with Crippen molar-refractivity contribution in [2.75, 3.05) is 24.2 Å². The first-order chi connectivity index (χ1) is 8.01. The number of hydrogen-bond donors (Lipinski definition) is 3. The third-order valence-electron chi connectivity index (χ3n) is 1.96. The fourth-order valence-electron chi connectivity index (χ4n) is 1.31. The van der Waals surface area contributed by atoms with Gasteiger partial charge in [-0.25, -0.2) is 4.98 Å². The maximum Gasteiger partial charge on any atom is 0.239 e. The molecule has 0 fully saturated rings. The zero-order valence-electron chi connectivity index (χ0n) is 10.7. The predicted molar refractivity (Wildman–Crippen MR) is 68.1 cm³/mol. The Bertz CT molecular complexity index is 391. The first-order valence-electron chi connectivity index (χ1n) is 5.58. The molecule has 1 aromatic heterocycles. The van der Waals surface area contributed by atoms with Crippen LogP contribution in [0.4, 0.5) is 11.8 Å². The monoisotopic (exact) mass is 237 g/mol. The molecule has 17 heavy (non-hydrogen) atoms. The molecular weight excluding hydrogens is 218 g/mol. The molecule has 0 aromatic carbocycles. The van der Waals surface area contributed by atoms with Crippen molar-refractivity contribution >= 4 is 17.7 Å². The Kier molecular flexibility index (Phi) is 4.68. The van der Waals surface area contributed by atoms with Crippen molar-refractivity contribution in [1.29, 1.82) is 0 Å². The quantitative estimate of drug-likeness (QED) is 0.704. The number of amides is 1. The molecule has 1 heterocycles. The Labute approximate surface area is 101 Å². The molecule has 3 N–H and O–H groups in total. The van der Waals surface area contributed by atoms with Crippen molar-refractivity contribution in [2.24, 2.45) is 0 Å². The van der Waals surface area contributed by atoms with E-state index in [1.165, 1.54) is 0 Å². The van der Waals surface area contributed by atoms with Crippen molar-refractivity contribution in [3.05, 3.63) is 11.8 Å². The van der Waals surface area contributed by atoms with Crippen molar-refractivity contribution in [1.82, 2.24) is 15.3 Å². The SMILES string of the molecule is CNc1nc(C)cc(NCC(=O)NC(C)C)n1. The summed E-state index contributed by atoms with van der Waals surface area (Å²) in [6.45, 7) is 5.93. The van der Waals surface area contributed by atoms with Gasteiger partial charge in [0.25, 0.3) is 0 Å². The zero-order valence-corrected chi connectivity index (χ0v) is 10.7. The second-order valence-corrected chi connectivity index (χ2v) is 4.04. The van der Waals surface area contributed by atoms with Gasteiger partial charge in [0.1, 0.15) is 5.82 Å². The first kappa shape index (κ1) is 13.2. The van der Waals surface area contributed by atoms with Gasteiger partial charge in [0.05, 0.1) is 6.54 Å². The standard InChI is InChI=1S/C11H19N5O/c1-7(2)14-10(17)6-13-9-5-8(3)15-11(12-4)16-9/h5,7H,6H2,1-4H3,(H,14,17)(H2,12,13,15,16). The number of carbonyl (C=O) groups is 1. The van der Waals surface area contributed by atoms with Crippen molar-refractivity contribution in [3.8, 4) is 0 Å². The predicted octanol–water partition coefficient (Wildman–Crippen LogP) is 0.763. The molecule has 0 aliphatic rings. The van der Waals surface area contributed by atoms with Crippen LogP contribution in [0.5, 0.6) is 0 Å². The Hall–Kier alpha value is -1.85. The number of carbonyl (C=O) groups excluding carboxylic acids is 1. The van der Waals surface area contributed by atoms with E-state index >= 15 is 0 Å². The van der Waals surface area contributed by atoms with Gasteiger partial charge < -0.3 is 16.0 Å². The van der Waals surface area contributed by atoms with Gasteiger partial charge in [0, 0.05) is 24.8 Å². The van der Waals surface area contributed by atoms with Crippen molar-refractivity contribution in [2.45, 2.75) is 26.8 Å². The molecule has 0 aliphatic carbocycles. The third kappa shape index (κ3) is 4.67. The molecule has 0 bridgehead atoms.